The number of hydrogen-bond acceptors (Lipinski definition) is 2. The lowest BCUT2D eigenvalue weighted by atomic mass is 9.95. The van der Waals surface area contributed by atoms with Gasteiger partial charge in [-0.05, 0) is 37.0 Å². The molecule has 0 aliphatic carbocycles. The summed E-state index contributed by atoms with van der Waals surface area (Å²) in [4.78, 5) is 14.4. The molecule has 1 fully saturated rings. The van der Waals surface area contributed by atoms with Gasteiger partial charge in [0.25, 0.3) is 0 Å². The molecular weight excluding hydrogens is 283 g/mol. The Morgan fingerprint density at radius 1 is 1.32 bits per heavy atom. The minimum Gasteiger partial charge on any atom is -0.317 e. The van der Waals surface area contributed by atoms with Crippen LogP contribution in [0, 0.1) is 5.82 Å². The van der Waals surface area contributed by atoms with E-state index in [0.717, 1.165) is 24.8 Å². The summed E-state index contributed by atoms with van der Waals surface area (Å²) >= 11 is 0. The van der Waals surface area contributed by atoms with Crippen molar-refractivity contribution in [3.05, 3.63) is 48.0 Å². The van der Waals surface area contributed by atoms with Gasteiger partial charge in [0.05, 0.1) is 17.9 Å². The fraction of sp³-hybridized carbons (Fsp3) is 0.375. The Hall–Kier alpha value is -2.37. The number of nitrogens with zero attached hydrogens (tertiary/aromatic N) is 3. The van der Waals surface area contributed by atoms with Crippen molar-refractivity contribution in [2.75, 3.05) is 11.9 Å². The maximum absolute atomic E-state index is 13.1. The number of hydrogen-bond donors (Lipinski definition) is 1. The van der Waals surface area contributed by atoms with Crippen LogP contribution in [0.3, 0.4) is 0 Å². The van der Waals surface area contributed by atoms with Gasteiger partial charge in [-0.15, -0.1) is 0 Å². The van der Waals surface area contributed by atoms with Crippen molar-refractivity contribution in [2.24, 2.45) is 7.05 Å². The number of carbonyl (C=O) groups excluding carboxylic acids is 1. The third-order valence-electron chi connectivity index (χ3n) is 3.97. The van der Waals surface area contributed by atoms with Crippen LogP contribution in [0.4, 0.5) is 14.9 Å². The molecular formula is C16H19FN4O. The van der Waals surface area contributed by atoms with Crippen molar-refractivity contribution in [1.29, 1.82) is 0 Å². The second-order valence-electron chi connectivity index (χ2n) is 5.59. The number of anilines is 1. The minimum atomic E-state index is -0.258. The summed E-state index contributed by atoms with van der Waals surface area (Å²) in [6.45, 7) is 0.703. The SMILES string of the molecule is Cn1cc(NC(=O)N2CCCC[C@@H]2c2ccc(F)cc2)cn1. The molecule has 3 rings (SSSR count). The van der Waals surface area contributed by atoms with Crippen molar-refractivity contribution in [2.45, 2.75) is 25.3 Å². The van der Waals surface area contributed by atoms with Crippen LogP contribution in [0.5, 0.6) is 0 Å². The van der Waals surface area contributed by atoms with Crippen LogP contribution in [0.15, 0.2) is 36.7 Å². The van der Waals surface area contributed by atoms with Crippen LogP contribution in [0.2, 0.25) is 0 Å². The monoisotopic (exact) mass is 302 g/mol. The molecule has 5 nitrogen and oxygen atoms in total. The highest BCUT2D eigenvalue weighted by Gasteiger charge is 2.28. The Morgan fingerprint density at radius 2 is 2.09 bits per heavy atom. The van der Waals surface area contributed by atoms with Crippen LogP contribution < -0.4 is 5.32 Å². The van der Waals surface area contributed by atoms with Crippen molar-refractivity contribution in [1.82, 2.24) is 14.7 Å². The summed E-state index contributed by atoms with van der Waals surface area (Å²) in [6, 6.07) is 6.27. The van der Waals surface area contributed by atoms with Crippen LogP contribution in [0.1, 0.15) is 30.9 Å². The minimum absolute atomic E-state index is 0.00831. The lowest BCUT2D eigenvalue weighted by molar-refractivity contribution is 0.163. The molecule has 6 heteroatoms. The molecule has 1 aromatic heterocycles. The molecule has 0 radical (unpaired) electrons. The van der Waals surface area contributed by atoms with E-state index in [1.165, 1.54) is 12.1 Å². The number of rotatable bonds is 2. The molecule has 0 unspecified atom stereocenters. The van der Waals surface area contributed by atoms with Crippen molar-refractivity contribution < 1.29 is 9.18 Å². The zero-order valence-corrected chi connectivity index (χ0v) is 12.5. The van der Waals surface area contributed by atoms with E-state index in [4.69, 9.17) is 0 Å². The number of aromatic nitrogens is 2. The second-order valence-corrected chi connectivity index (χ2v) is 5.59. The van der Waals surface area contributed by atoms with Gasteiger partial charge in [0.2, 0.25) is 0 Å². The molecule has 2 aromatic rings. The van der Waals surface area contributed by atoms with Crippen molar-refractivity contribution >= 4 is 11.7 Å². The standard InChI is InChI=1S/C16H19FN4O/c1-20-11-14(10-18-20)19-16(22)21-9-3-2-4-15(21)12-5-7-13(17)8-6-12/h5-8,10-11,15H,2-4,9H2,1H3,(H,19,22)/t15-/m1/s1. The van der Waals surface area contributed by atoms with Gasteiger partial charge in [0.1, 0.15) is 5.82 Å². The first-order chi connectivity index (χ1) is 10.6. The first-order valence-electron chi connectivity index (χ1n) is 7.45. The van der Waals surface area contributed by atoms with Gasteiger partial charge < -0.3 is 10.2 Å². The average molecular weight is 302 g/mol. The molecule has 1 aliphatic rings. The molecule has 2 heterocycles. The third kappa shape index (κ3) is 3.10. The maximum Gasteiger partial charge on any atom is 0.322 e. The summed E-state index contributed by atoms with van der Waals surface area (Å²) in [6.07, 6.45) is 6.33. The largest absolute Gasteiger partial charge is 0.322 e. The number of urea groups is 1. The molecule has 1 atom stereocenters. The van der Waals surface area contributed by atoms with Crippen molar-refractivity contribution in [3.63, 3.8) is 0 Å². The molecule has 2 amide bonds. The van der Waals surface area contributed by atoms with Crippen LogP contribution in [-0.4, -0.2) is 27.3 Å². The summed E-state index contributed by atoms with van der Waals surface area (Å²) < 4.78 is 14.7. The lowest BCUT2D eigenvalue weighted by Crippen LogP contribution is -2.41. The Morgan fingerprint density at radius 3 is 2.77 bits per heavy atom. The quantitative estimate of drug-likeness (QED) is 0.925. The Balaban J connectivity index is 1.77. The zero-order chi connectivity index (χ0) is 15.5. The molecule has 22 heavy (non-hydrogen) atoms. The second kappa shape index (κ2) is 6.17. The van der Waals surface area contributed by atoms with Gasteiger partial charge in [-0.25, -0.2) is 9.18 Å². The van der Waals surface area contributed by atoms with Crippen LogP contribution >= 0.6 is 0 Å². The number of halogens is 1. The molecule has 1 aliphatic heterocycles. The number of piperidine rings is 1. The number of likely N-dealkylation sites (tertiary alicyclic amines) is 1. The molecule has 1 saturated heterocycles. The molecule has 116 valence electrons. The number of nitrogens with one attached hydrogen (secondary N) is 1. The Labute approximate surface area is 128 Å². The van der Waals surface area contributed by atoms with E-state index in [0.29, 0.717) is 12.2 Å². The van der Waals surface area contributed by atoms with E-state index in [1.54, 1.807) is 36.3 Å². The van der Waals surface area contributed by atoms with E-state index in [2.05, 4.69) is 10.4 Å². The fourth-order valence-corrected chi connectivity index (χ4v) is 2.89. The van der Waals surface area contributed by atoms with Crippen LogP contribution in [0.25, 0.3) is 0 Å². The maximum atomic E-state index is 13.1. The summed E-state index contributed by atoms with van der Waals surface area (Å²) in [5.41, 5.74) is 1.65. The van der Waals surface area contributed by atoms with Crippen molar-refractivity contribution in [3.8, 4) is 0 Å². The summed E-state index contributed by atoms with van der Waals surface area (Å²) in [5.74, 6) is -0.258. The zero-order valence-electron chi connectivity index (χ0n) is 12.5. The van der Waals surface area contributed by atoms with E-state index in [9.17, 15) is 9.18 Å². The number of amides is 2. The molecule has 0 bridgehead atoms. The number of aryl methyl sites for hydroxylation is 1. The lowest BCUT2D eigenvalue weighted by Gasteiger charge is -2.36. The average Bonchev–Trinajstić information content (AvgIpc) is 2.93. The third-order valence-corrected chi connectivity index (χ3v) is 3.97. The van der Waals surface area contributed by atoms with Gasteiger partial charge >= 0.3 is 6.03 Å². The number of benzene rings is 1. The van der Waals surface area contributed by atoms with E-state index in [1.807, 2.05) is 4.90 Å². The van der Waals surface area contributed by atoms with E-state index in [-0.39, 0.29) is 17.9 Å². The molecule has 1 aromatic carbocycles. The predicted octanol–water partition coefficient (Wildman–Crippen LogP) is 3.32. The topological polar surface area (TPSA) is 50.2 Å². The highest BCUT2D eigenvalue weighted by Crippen LogP contribution is 2.31. The Kier molecular flexibility index (Phi) is 4.09. The molecule has 0 spiro atoms. The van der Waals surface area contributed by atoms with E-state index < -0.39 is 0 Å². The number of carbonyl (C=O) groups is 1. The normalized spacial score (nSPS) is 18.3. The van der Waals surface area contributed by atoms with Gasteiger partial charge in [-0.3, -0.25) is 4.68 Å². The van der Waals surface area contributed by atoms with Gasteiger partial charge in [0.15, 0.2) is 0 Å². The fourth-order valence-electron chi connectivity index (χ4n) is 2.89. The predicted molar refractivity (Wildman–Crippen MR) is 81.9 cm³/mol. The highest BCUT2D eigenvalue weighted by atomic mass is 19.1. The Bertz CT molecular complexity index is 652. The van der Waals surface area contributed by atoms with Crippen LogP contribution in [-0.2, 0) is 7.05 Å². The van der Waals surface area contributed by atoms with Gasteiger partial charge in [-0.1, -0.05) is 12.1 Å². The van der Waals surface area contributed by atoms with E-state index >= 15 is 0 Å². The van der Waals surface area contributed by atoms with Gasteiger partial charge in [-0.2, -0.15) is 5.10 Å². The summed E-state index contributed by atoms with van der Waals surface area (Å²) in [5, 5.41) is 6.92. The first-order valence-corrected chi connectivity index (χ1v) is 7.45. The molecule has 1 N–H and O–H groups in total. The first kappa shape index (κ1) is 14.6. The van der Waals surface area contributed by atoms with Gasteiger partial charge in [0, 0.05) is 19.8 Å². The highest BCUT2D eigenvalue weighted by molar-refractivity contribution is 5.89. The molecule has 0 saturated carbocycles. The summed E-state index contributed by atoms with van der Waals surface area (Å²) in [7, 11) is 1.80. The smallest absolute Gasteiger partial charge is 0.317 e.